The maximum atomic E-state index is 13.6. The highest BCUT2D eigenvalue weighted by molar-refractivity contribution is 8.01. The Morgan fingerprint density at radius 2 is 1.74 bits per heavy atom. The monoisotopic (exact) mass is 579 g/mol. The van der Waals surface area contributed by atoms with E-state index in [9.17, 15) is 14.0 Å². The number of halogens is 1. The molecule has 0 radical (unpaired) electrons. The molecule has 0 unspecified atom stereocenters. The van der Waals surface area contributed by atoms with Gasteiger partial charge in [-0.15, -0.1) is 20.4 Å². The minimum Gasteiger partial charge on any atom is -0.345 e. The first-order chi connectivity index (χ1) is 19.0. The molecule has 0 aliphatic carbocycles. The van der Waals surface area contributed by atoms with E-state index in [0.29, 0.717) is 27.4 Å². The number of anilines is 1. The molecule has 39 heavy (non-hydrogen) atoms. The average molecular weight is 580 g/mol. The molecule has 9 nitrogen and oxygen atoms in total. The number of fused-ring (bicyclic) bond motifs is 1. The predicted octanol–water partition coefficient (Wildman–Crippen LogP) is 5.18. The fourth-order valence-corrected chi connectivity index (χ4v) is 6.20. The standard InChI is InChI=1S/C26H22FN7O2S3/c1-2-37-26-33-31-24(39-26)29-22(35)15-38-25-32-30-21(34(25)18-12-10-17(27)11-13-18)14-28-23(36)20-9-5-7-16-6-3-4-8-19(16)20/h3-13H,2,14-15H2,1H3,(H,28,36)(H,29,31,35). The molecule has 13 heteroatoms. The highest BCUT2D eigenvalue weighted by Gasteiger charge is 2.18. The third-order valence-electron chi connectivity index (χ3n) is 5.48. The van der Waals surface area contributed by atoms with Gasteiger partial charge in [-0.2, -0.15) is 0 Å². The van der Waals surface area contributed by atoms with Crippen molar-refractivity contribution in [1.82, 2.24) is 30.3 Å². The summed E-state index contributed by atoms with van der Waals surface area (Å²) in [5.41, 5.74) is 1.15. The third-order valence-corrected chi connectivity index (χ3v) is 8.26. The lowest BCUT2D eigenvalue weighted by molar-refractivity contribution is -0.113. The van der Waals surface area contributed by atoms with E-state index in [4.69, 9.17) is 0 Å². The van der Waals surface area contributed by atoms with Gasteiger partial charge in [-0.05, 0) is 46.9 Å². The number of nitrogens with one attached hydrogen (secondary N) is 2. The molecule has 0 saturated carbocycles. The van der Waals surface area contributed by atoms with E-state index < -0.39 is 0 Å². The molecule has 0 spiro atoms. The minimum atomic E-state index is -0.385. The number of rotatable bonds is 10. The summed E-state index contributed by atoms with van der Waals surface area (Å²) < 4.78 is 16.1. The molecule has 2 aromatic heterocycles. The van der Waals surface area contributed by atoms with E-state index in [-0.39, 0.29) is 29.9 Å². The van der Waals surface area contributed by atoms with Gasteiger partial charge in [0.2, 0.25) is 11.0 Å². The lowest BCUT2D eigenvalue weighted by atomic mass is 10.0. The molecule has 0 atom stereocenters. The largest absolute Gasteiger partial charge is 0.345 e. The van der Waals surface area contributed by atoms with Gasteiger partial charge in [0.25, 0.3) is 5.91 Å². The molecule has 5 aromatic rings. The molecule has 0 saturated heterocycles. The van der Waals surface area contributed by atoms with Gasteiger partial charge in [0.1, 0.15) is 5.82 Å². The number of nitrogens with zero attached hydrogens (tertiary/aromatic N) is 5. The molecule has 2 N–H and O–H groups in total. The number of benzene rings is 3. The van der Waals surface area contributed by atoms with Gasteiger partial charge in [-0.3, -0.25) is 19.5 Å². The van der Waals surface area contributed by atoms with E-state index in [1.54, 1.807) is 34.5 Å². The van der Waals surface area contributed by atoms with E-state index in [2.05, 4.69) is 31.0 Å². The first-order valence-corrected chi connectivity index (χ1v) is 14.7. The highest BCUT2D eigenvalue weighted by Crippen LogP contribution is 2.26. The van der Waals surface area contributed by atoms with Gasteiger partial charge in [-0.25, -0.2) is 4.39 Å². The van der Waals surface area contributed by atoms with Gasteiger partial charge in [0.05, 0.1) is 12.3 Å². The van der Waals surface area contributed by atoms with E-state index in [1.807, 2.05) is 43.3 Å². The summed E-state index contributed by atoms with van der Waals surface area (Å²) >= 11 is 4.03. The molecule has 0 aliphatic rings. The highest BCUT2D eigenvalue weighted by atomic mass is 32.2. The Balaban J connectivity index is 1.32. The first kappa shape index (κ1) is 26.8. The fraction of sp³-hybridized carbons (Fsp3) is 0.154. The lowest BCUT2D eigenvalue weighted by Crippen LogP contribution is -2.25. The maximum Gasteiger partial charge on any atom is 0.252 e. The molecule has 198 valence electrons. The molecule has 0 bridgehead atoms. The SMILES string of the molecule is CCSc1nnc(NC(=O)CSc2nnc(CNC(=O)c3cccc4ccccc34)n2-c2ccc(F)cc2)s1. The van der Waals surface area contributed by atoms with Crippen LogP contribution in [0, 0.1) is 5.82 Å². The first-order valence-electron chi connectivity index (χ1n) is 11.9. The number of hydrogen-bond acceptors (Lipinski definition) is 9. The Morgan fingerprint density at radius 1 is 0.949 bits per heavy atom. The van der Waals surface area contributed by atoms with E-state index in [0.717, 1.165) is 20.9 Å². The second-order valence-corrected chi connectivity index (χ2v) is 11.5. The van der Waals surface area contributed by atoms with Crippen LogP contribution in [-0.2, 0) is 11.3 Å². The molecule has 5 rings (SSSR count). The van der Waals surface area contributed by atoms with Crippen molar-refractivity contribution in [2.24, 2.45) is 0 Å². The van der Waals surface area contributed by atoms with Crippen molar-refractivity contribution in [3.05, 3.63) is 83.9 Å². The van der Waals surface area contributed by atoms with Crippen LogP contribution in [-0.4, -0.2) is 48.3 Å². The van der Waals surface area contributed by atoms with Gasteiger partial charge in [0.15, 0.2) is 15.3 Å². The van der Waals surface area contributed by atoms with Crippen molar-refractivity contribution in [2.75, 3.05) is 16.8 Å². The van der Waals surface area contributed by atoms with Crippen LogP contribution in [0.15, 0.2) is 76.2 Å². The van der Waals surface area contributed by atoms with Crippen LogP contribution in [0.25, 0.3) is 16.5 Å². The van der Waals surface area contributed by atoms with Gasteiger partial charge >= 0.3 is 0 Å². The van der Waals surface area contributed by atoms with E-state index in [1.165, 1.54) is 35.2 Å². The molecule has 3 aromatic carbocycles. The summed E-state index contributed by atoms with van der Waals surface area (Å²) in [5, 5.41) is 24.8. The molecule has 0 aliphatic heterocycles. The van der Waals surface area contributed by atoms with Crippen LogP contribution in [0.1, 0.15) is 23.1 Å². The number of aromatic nitrogens is 5. The average Bonchev–Trinajstić information content (AvgIpc) is 3.57. The van der Waals surface area contributed by atoms with Crippen LogP contribution < -0.4 is 10.6 Å². The molecular formula is C26H22FN7O2S3. The summed E-state index contributed by atoms with van der Waals surface area (Å²) in [5.74, 6) is 0.419. The predicted molar refractivity (Wildman–Crippen MR) is 152 cm³/mol. The van der Waals surface area contributed by atoms with Crippen LogP contribution >= 0.6 is 34.9 Å². The van der Waals surface area contributed by atoms with Crippen LogP contribution in [0.2, 0.25) is 0 Å². The van der Waals surface area contributed by atoms with Crippen molar-refractivity contribution in [3.8, 4) is 5.69 Å². The van der Waals surface area contributed by atoms with Crippen molar-refractivity contribution >= 4 is 62.6 Å². The topological polar surface area (TPSA) is 115 Å². The summed E-state index contributed by atoms with van der Waals surface area (Å²) in [7, 11) is 0. The number of hydrogen-bond donors (Lipinski definition) is 2. The fourth-order valence-electron chi connectivity index (χ4n) is 3.76. The second kappa shape index (κ2) is 12.4. The van der Waals surface area contributed by atoms with Crippen LogP contribution in [0.4, 0.5) is 9.52 Å². The summed E-state index contributed by atoms with van der Waals surface area (Å²) in [6, 6.07) is 19.1. The lowest BCUT2D eigenvalue weighted by Gasteiger charge is -2.12. The normalized spacial score (nSPS) is 11.0. The number of amides is 2. The Hall–Kier alpha value is -3.81. The molecule has 2 heterocycles. The number of carbonyl (C=O) groups is 2. The zero-order valence-electron chi connectivity index (χ0n) is 20.6. The molecule has 2 amide bonds. The van der Waals surface area contributed by atoms with E-state index >= 15 is 0 Å². The van der Waals surface area contributed by atoms with Crippen molar-refractivity contribution in [2.45, 2.75) is 23.0 Å². The Labute approximate surface area is 235 Å². The molecular weight excluding hydrogens is 558 g/mol. The van der Waals surface area contributed by atoms with Gasteiger partial charge in [0, 0.05) is 11.3 Å². The van der Waals surface area contributed by atoms with Crippen molar-refractivity contribution in [1.29, 1.82) is 0 Å². The summed E-state index contributed by atoms with van der Waals surface area (Å²) in [6.07, 6.45) is 0. The third kappa shape index (κ3) is 6.44. The van der Waals surface area contributed by atoms with Crippen molar-refractivity contribution in [3.63, 3.8) is 0 Å². The Morgan fingerprint density at radius 3 is 2.56 bits per heavy atom. The Kier molecular flexibility index (Phi) is 8.49. The van der Waals surface area contributed by atoms with Gasteiger partial charge < -0.3 is 5.32 Å². The second-order valence-electron chi connectivity index (χ2n) is 8.06. The van der Waals surface area contributed by atoms with Crippen molar-refractivity contribution < 1.29 is 14.0 Å². The van der Waals surface area contributed by atoms with Crippen LogP contribution in [0.5, 0.6) is 0 Å². The number of carbonyl (C=O) groups excluding carboxylic acids is 2. The van der Waals surface area contributed by atoms with Crippen LogP contribution in [0.3, 0.4) is 0 Å². The molecule has 0 fully saturated rings. The summed E-state index contributed by atoms with van der Waals surface area (Å²) in [6.45, 7) is 2.09. The smallest absolute Gasteiger partial charge is 0.252 e. The van der Waals surface area contributed by atoms with Gasteiger partial charge in [-0.1, -0.05) is 78.2 Å². The Bertz CT molecular complexity index is 1620. The minimum absolute atomic E-state index is 0.0392. The summed E-state index contributed by atoms with van der Waals surface area (Å²) in [4.78, 5) is 25.6. The zero-order valence-corrected chi connectivity index (χ0v) is 23.1. The number of thioether (sulfide) groups is 2. The quantitative estimate of drug-likeness (QED) is 0.172. The maximum absolute atomic E-state index is 13.6. The zero-order chi connectivity index (χ0) is 27.2.